The highest BCUT2D eigenvalue weighted by atomic mass is 79.9. The minimum absolute atomic E-state index is 0.0551. The van der Waals surface area contributed by atoms with Gasteiger partial charge in [0.05, 0.1) is 10.6 Å². The van der Waals surface area contributed by atoms with Gasteiger partial charge in [-0.25, -0.2) is 8.42 Å². The van der Waals surface area contributed by atoms with Gasteiger partial charge < -0.3 is 9.73 Å². The molecular weight excluding hydrogens is 478 g/mol. The number of thiocarbonyl (C=S) groups is 1. The maximum absolute atomic E-state index is 12.8. The summed E-state index contributed by atoms with van der Waals surface area (Å²) in [5.74, 6) is -0.400. The van der Waals surface area contributed by atoms with Crippen molar-refractivity contribution in [2.24, 2.45) is 0 Å². The standard InChI is InChI=1S/C19H16BrN3O4S2/c1-23(14-5-3-2-4-6-14)29(25,26)15-9-7-13(8-10-15)21-19(28)22-18(24)16-11-12-17(20)27-16/h2-12H,1H3,(H2,21,22,24,28). The molecule has 0 fully saturated rings. The fourth-order valence-corrected chi connectivity index (χ4v) is 4.12. The summed E-state index contributed by atoms with van der Waals surface area (Å²) in [7, 11) is -2.21. The van der Waals surface area contributed by atoms with Gasteiger partial charge in [-0.2, -0.15) is 0 Å². The summed E-state index contributed by atoms with van der Waals surface area (Å²) in [6, 6.07) is 17.9. The van der Waals surface area contributed by atoms with E-state index in [1.54, 1.807) is 42.5 Å². The van der Waals surface area contributed by atoms with Crippen LogP contribution in [-0.2, 0) is 10.0 Å². The van der Waals surface area contributed by atoms with E-state index in [-0.39, 0.29) is 15.8 Å². The van der Waals surface area contributed by atoms with E-state index in [1.165, 1.54) is 29.6 Å². The average Bonchev–Trinajstić information content (AvgIpc) is 3.15. The Morgan fingerprint density at radius 1 is 1.03 bits per heavy atom. The van der Waals surface area contributed by atoms with Gasteiger partial charge in [0.25, 0.3) is 15.9 Å². The fourth-order valence-electron chi connectivity index (χ4n) is 2.41. The molecule has 10 heteroatoms. The Hall–Kier alpha value is -2.69. The molecule has 7 nitrogen and oxygen atoms in total. The second-order valence-corrected chi connectivity index (χ2v) is 9.00. The molecule has 2 N–H and O–H groups in total. The van der Waals surface area contributed by atoms with Crippen molar-refractivity contribution < 1.29 is 17.6 Å². The quantitative estimate of drug-likeness (QED) is 0.522. The predicted octanol–water partition coefficient (Wildman–Crippen LogP) is 3.99. The lowest BCUT2D eigenvalue weighted by Crippen LogP contribution is -2.33. The Morgan fingerprint density at radius 2 is 1.69 bits per heavy atom. The summed E-state index contributed by atoms with van der Waals surface area (Å²) >= 11 is 8.23. The number of carbonyl (C=O) groups is 1. The van der Waals surface area contributed by atoms with Gasteiger partial charge in [-0.05, 0) is 76.7 Å². The minimum Gasteiger partial charge on any atom is -0.444 e. The first-order valence-electron chi connectivity index (χ1n) is 8.29. The van der Waals surface area contributed by atoms with Gasteiger partial charge in [0.2, 0.25) is 0 Å². The van der Waals surface area contributed by atoms with Crippen molar-refractivity contribution in [3.8, 4) is 0 Å². The average molecular weight is 494 g/mol. The van der Waals surface area contributed by atoms with Gasteiger partial charge >= 0.3 is 0 Å². The van der Waals surface area contributed by atoms with Crippen LogP contribution in [0.25, 0.3) is 0 Å². The number of furan rings is 1. The lowest BCUT2D eigenvalue weighted by atomic mass is 10.3. The van der Waals surface area contributed by atoms with Crippen LogP contribution in [-0.4, -0.2) is 26.5 Å². The van der Waals surface area contributed by atoms with Gasteiger partial charge in [0.15, 0.2) is 15.5 Å². The summed E-state index contributed by atoms with van der Waals surface area (Å²) in [5, 5.41) is 5.36. The summed E-state index contributed by atoms with van der Waals surface area (Å²) in [6.07, 6.45) is 0. The van der Waals surface area contributed by atoms with E-state index >= 15 is 0 Å². The van der Waals surface area contributed by atoms with Gasteiger partial charge in [0.1, 0.15) is 0 Å². The van der Waals surface area contributed by atoms with Gasteiger partial charge in [-0.15, -0.1) is 0 Å². The topological polar surface area (TPSA) is 91.7 Å². The maximum Gasteiger partial charge on any atom is 0.293 e. The monoisotopic (exact) mass is 493 g/mol. The van der Waals surface area contributed by atoms with Crippen molar-refractivity contribution in [3.05, 3.63) is 77.2 Å². The summed E-state index contributed by atoms with van der Waals surface area (Å²) in [6.45, 7) is 0. The molecule has 0 aliphatic heterocycles. The third kappa shape index (κ3) is 5.03. The van der Waals surface area contributed by atoms with Gasteiger partial charge in [0, 0.05) is 12.7 Å². The SMILES string of the molecule is CN(c1ccccc1)S(=O)(=O)c1ccc(NC(=S)NC(=O)c2ccc(Br)o2)cc1. The van der Waals surface area contributed by atoms with Crippen LogP contribution in [0.1, 0.15) is 10.6 Å². The molecule has 0 saturated carbocycles. The summed E-state index contributed by atoms with van der Waals surface area (Å²) in [5.41, 5.74) is 1.08. The Labute approximate surface area is 181 Å². The molecule has 0 saturated heterocycles. The van der Waals surface area contributed by atoms with E-state index in [4.69, 9.17) is 16.6 Å². The Morgan fingerprint density at radius 3 is 2.28 bits per heavy atom. The van der Waals surface area contributed by atoms with Crippen LogP contribution in [0.15, 0.2) is 80.7 Å². The molecular formula is C19H16BrN3O4S2. The van der Waals surface area contributed by atoms with Gasteiger partial charge in [-0.1, -0.05) is 18.2 Å². The van der Waals surface area contributed by atoms with E-state index in [0.717, 1.165) is 0 Å². The number of carbonyl (C=O) groups excluding carboxylic acids is 1. The Bertz CT molecular complexity index is 1130. The number of para-hydroxylation sites is 1. The molecule has 0 atom stereocenters. The molecule has 3 aromatic rings. The first kappa shape index (κ1) is 21.0. The summed E-state index contributed by atoms with van der Waals surface area (Å²) < 4.78 is 32.4. The highest BCUT2D eigenvalue weighted by Crippen LogP contribution is 2.23. The lowest BCUT2D eigenvalue weighted by Gasteiger charge is -2.19. The molecule has 0 aliphatic carbocycles. The lowest BCUT2D eigenvalue weighted by molar-refractivity contribution is 0.0949. The number of sulfonamides is 1. The zero-order valence-electron chi connectivity index (χ0n) is 15.1. The van der Waals surface area contributed by atoms with Crippen LogP contribution in [0, 0.1) is 0 Å². The number of nitrogens with one attached hydrogen (secondary N) is 2. The molecule has 0 unspecified atom stereocenters. The predicted molar refractivity (Wildman–Crippen MR) is 119 cm³/mol. The molecule has 29 heavy (non-hydrogen) atoms. The molecule has 0 radical (unpaired) electrons. The molecule has 3 rings (SSSR count). The van der Waals surface area contributed by atoms with Crippen LogP contribution in [0.3, 0.4) is 0 Å². The van der Waals surface area contributed by atoms with Crippen LogP contribution >= 0.6 is 28.1 Å². The highest BCUT2D eigenvalue weighted by Gasteiger charge is 2.21. The van der Waals surface area contributed by atoms with Crippen molar-refractivity contribution in [1.29, 1.82) is 0 Å². The molecule has 0 aliphatic rings. The molecule has 1 heterocycles. The molecule has 0 bridgehead atoms. The molecule has 0 spiro atoms. The number of amides is 1. The van der Waals surface area contributed by atoms with Crippen molar-refractivity contribution in [3.63, 3.8) is 0 Å². The number of hydrogen-bond donors (Lipinski definition) is 2. The van der Waals surface area contributed by atoms with Crippen molar-refractivity contribution in [2.75, 3.05) is 16.7 Å². The van der Waals surface area contributed by atoms with Gasteiger partial charge in [-0.3, -0.25) is 14.4 Å². The number of hydrogen-bond acceptors (Lipinski definition) is 5. The first-order chi connectivity index (χ1) is 13.8. The van der Waals surface area contributed by atoms with Crippen LogP contribution < -0.4 is 14.9 Å². The second-order valence-electron chi connectivity index (χ2n) is 5.84. The van der Waals surface area contributed by atoms with Crippen LogP contribution in [0.4, 0.5) is 11.4 Å². The second kappa shape index (κ2) is 8.76. The van der Waals surface area contributed by atoms with E-state index in [2.05, 4.69) is 26.6 Å². The smallest absolute Gasteiger partial charge is 0.293 e. The van der Waals surface area contributed by atoms with Crippen LogP contribution in [0.5, 0.6) is 0 Å². The molecule has 1 amide bonds. The molecule has 150 valence electrons. The number of nitrogens with zero attached hydrogens (tertiary/aromatic N) is 1. The fraction of sp³-hybridized carbons (Fsp3) is 0.0526. The van der Waals surface area contributed by atoms with E-state index < -0.39 is 15.9 Å². The molecule has 2 aromatic carbocycles. The normalized spacial score (nSPS) is 11.0. The zero-order chi connectivity index (χ0) is 21.0. The summed E-state index contributed by atoms with van der Waals surface area (Å²) in [4.78, 5) is 12.1. The molecule has 1 aromatic heterocycles. The van der Waals surface area contributed by atoms with E-state index in [9.17, 15) is 13.2 Å². The number of anilines is 2. The Kier molecular flexibility index (Phi) is 6.36. The third-order valence-electron chi connectivity index (χ3n) is 3.91. The van der Waals surface area contributed by atoms with Crippen LogP contribution in [0.2, 0.25) is 0 Å². The third-order valence-corrected chi connectivity index (χ3v) is 6.34. The van der Waals surface area contributed by atoms with Crippen molar-refractivity contribution in [2.45, 2.75) is 4.90 Å². The van der Waals surface area contributed by atoms with E-state index in [1.807, 2.05) is 6.07 Å². The maximum atomic E-state index is 12.8. The number of rotatable bonds is 5. The van der Waals surface area contributed by atoms with E-state index in [0.29, 0.717) is 16.0 Å². The highest BCUT2D eigenvalue weighted by molar-refractivity contribution is 9.10. The van der Waals surface area contributed by atoms with Crippen molar-refractivity contribution in [1.82, 2.24) is 5.32 Å². The zero-order valence-corrected chi connectivity index (χ0v) is 18.3. The first-order valence-corrected chi connectivity index (χ1v) is 10.9. The number of halogens is 1. The number of benzene rings is 2. The van der Waals surface area contributed by atoms with Crippen molar-refractivity contribution >= 4 is 60.6 Å². The largest absolute Gasteiger partial charge is 0.444 e. The minimum atomic E-state index is -3.70. The Balaban J connectivity index is 1.66.